The Morgan fingerprint density at radius 1 is 1.20 bits per heavy atom. The predicted octanol–water partition coefficient (Wildman–Crippen LogP) is 3.06. The molecule has 0 spiro atoms. The van der Waals surface area contributed by atoms with Crippen LogP contribution < -0.4 is 5.32 Å². The third kappa shape index (κ3) is 3.60. The van der Waals surface area contributed by atoms with Crippen molar-refractivity contribution in [2.75, 3.05) is 11.1 Å². The Labute approximate surface area is 146 Å². The van der Waals surface area contributed by atoms with Crippen LogP contribution in [0.25, 0.3) is 5.78 Å². The third-order valence-corrected chi connectivity index (χ3v) is 4.61. The van der Waals surface area contributed by atoms with Crippen LogP contribution in [0.3, 0.4) is 0 Å². The van der Waals surface area contributed by atoms with Crippen LogP contribution in [-0.4, -0.2) is 31.2 Å². The molecule has 3 rings (SSSR count). The van der Waals surface area contributed by atoms with Gasteiger partial charge in [0.1, 0.15) is 0 Å². The van der Waals surface area contributed by atoms with Gasteiger partial charge in [-0.1, -0.05) is 11.8 Å². The van der Waals surface area contributed by atoms with Gasteiger partial charge in [0, 0.05) is 23.1 Å². The van der Waals surface area contributed by atoms with Crippen molar-refractivity contribution in [2.24, 2.45) is 0 Å². The largest absolute Gasteiger partial charge is 0.325 e. The lowest BCUT2D eigenvalue weighted by atomic mass is 10.2. The molecule has 0 radical (unpaired) electrons. The quantitative estimate of drug-likeness (QED) is 0.722. The van der Waals surface area contributed by atoms with Gasteiger partial charge >= 0.3 is 0 Å². The number of hydrogen-bond acceptors (Lipinski definition) is 5. The van der Waals surface area contributed by atoms with E-state index in [0.29, 0.717) is 10.9 Å². The summed E-state index contributed by atoms with van der Waals surface area (Å²) in [5.74, 6) is -1.84. The van der Waals surface area contributed by atoms with Gasteiger partial charge in [-0.15, -0.1) is 5.10 Å². The summed E-state index contributed by atoms with van der Waals surface area (Å²) in [4.78, 5) is 20.6. The maximum atomic E-state index is 13.1. The first-order valence-electron chi connectivity index (χ1n) is 7.43. The molecule has 9 heteroatoms. The van der Waals surface area contributed by atoms with Crippen LogP contribution in [0.15, 0.2) is 23.4 Å². The number of anilines is 1. The van der Waals surface area contributed by atoms with Crippen molar-refractivity contribution in [1.29, 1.82) is 0 Å². The summed E-state index contributed by atoms with van der Waals surface area (Å²) in [6.45, 7) is 5.79. The smallest absolute Gasteiger partial charge is 0.253 e. The van der Waals surface area contributed by atoms with Gasteiger partial charge < -0.3 is 5.32 Å². The molecular formula is C16H15F2N5OS. The van der Waals surface area contributed by atoms with Gasteiger partial charge in [0.15, 0.2) is 11.6 Å². The number of halogens is 2. The molecular weight excluding hydrogens is 348 g/mol. The summed E-state index contributed by atoms with van der Waals surface area (Å²) in [6.07, 6.45) is 0. The van der Waals surface area contributed by atoms with E-state index in [9.17, 15) is 13.6 Å². The van der Waals surface area contributed by atoms with Crippen molar-refractivity contribution in [3.8, 4) is 0 Å². The van der Waals surface area contributed by atoms with E-state index in [-0.39, 0.29) is 17.3 Å². The van der Waals surface area contributed by atoms with Crippen molar-refractivity contribution >= 4 is 29.1 Å². The molecule has 0 aliphatic heterocycles. The molecule has 0 bridgehead atoms. The van der Waals surface area contributed by atoms with E-state index in [4.69, 9.17) is 0 Å². The maximum absolute atomic E-state index is 13.1. The van der Waals surface area contributed by atoms with Crippen molar-refractivity contribution in [3.63, 3.8) is 0 Å². The van der Waals surface area contributed by atoms with Crippen molar-refractivity contribution < 1.29 is 13.6 Å². The van der Waals surface area contributed by atoms with E-state index in [1.54, 1.807) is 4.52 Å². The Bertz CT molecular complexity index is 973. The Balaban J connectivity index is 1.68. The van der Waals surface area contributed by atoms with Crippen LogP contribution in [0.4, 0.5) is 14.5 Å². The Morgan fingerprint density at radius 3 is 2.68 bits per heavy atom. The summed E-state index contributed by atoms with van der Waals surface area (Å²) in [7, 11) is 0. The minimum atomic E-state index is -1.01. The van der Waals surface area contributed by atoms with Crippen molar-refractivity contribution in [2.45, 2.75) is 25.9 Å². The van der Waals surface area contributed by atoms with Gasteiger partial charge in [-0.25, -0.2) is 18.3 Å². The minimum absolute atomic E-state index is 0.0346. The van der Waals surface area contributed by atoms with Crippen molar-refractivity contribution in [1.82, 2.24) is 19.6 Å². The number of hydrogen-bond donors (Lipinski definition) is 1. The lowest BCUT2D eigenvalue weighted by molar-refractivity contribution is -0.113. The summed E-state index contributed by atoms with van der Waals surface area (Å²) in [5.41, 5.74) is 3.04. The number of amides is 1. The fourth-order valence-corrected chi connectivity index (χ4v) is 2.82. The molecule has 0 saturated heterocycles. The van der Waals surface area contributed by atoms with Crippen LogP contribution >= 0.6 is 11.8 Å². The van der Waals surface area contributed by atoms with Crippen LogP contribution in [0, 0.1) is 32.4 Å². The second kappa shape index (κ2) is 6.75. The number of carbonyl (C=O) groups excluding carboxylic acids is 1. The Kier molecular flexibility index (Phi) is 4.67. The van der Waals surface area contributed by atoms with Gasteiger partial charge in [-0.05, 0) is 38.5 Å². The molecule has 0 aliphatic rings. The lowest BCUT2D eigenvalue weighted by Gasteiger charge is -2.04. The first-order valence-corrected chi connectivity index (χ1v) is 8.42. The number of aromatic nitrogens is 4. The van der Waals surface area contributed by atoms with Gasteiger partial charge in [-0.2, -0.15) is 4.98 Å². The zero-order valence-electron chi connectivity index (χ0n) is 13.8. The Hall–Kier alpha value is -2.55. The number of nitrogens with zero attached hydrogens (tertiary/aromatic N) is 4. The van der Waals surface area contributed by atoms with Gasteiger partial charge in [-0.3, -0.25) is 4.79 Å². The molecule has 2 aromatic heterocycles. The molecule has 3 aromatic rings. The first-order chi connectivity index (χ1) is 11.8. The summed E-state index contributed by atoms with van der Waals surface area (Å²) in [6, 6.07) is 3.18. The molecule has 1 aromatic carbocycles. The second-order valence-corrected chi connectivity index (χ2v) is 6.42. The molecule has 2 heterocycles. The molecule has 0 fully saturated rings. The van der Waals surface area contributed by atoms with Gasteiger partial charge in [0.05, 0.1) is 5.75 Å². The van der Waals surface area contributed by atoms with Crippen LogP contribution in [0.2, 0.25) is 0 Å². The fourth-order valence-electron chi connectivity index (χ4n) is 2.20. The lowest BCUT2D eigenvalue weighted by Crippen LogP contribution is -2.14. The van der Waals surface area contributed by atoms with Crippen LogP contribution in [0.5, 0.6) is 0 Å². The number of carbonyl (C=O) groups is 1. The molecule has 0 aliphatic carbocycles. The van der Waals surface area contributed by atoms with E-state index >= 15 is 0 Å². The summed E-state index contributed by atoms with van der Waals surface area (Å²) < 4.78 is 27.7. The van der Waals surface area contributed by atoms with E-state index in [0.717, 1.165) is 40.8 Å². The van der Waals surface area contributed by atoms with Crippen LogP contribution in [0.1, 0.15) is 17.0 Å². The summed E-state index contributed by atoms with van der Waals surface area (Å²) in [5, 5.41) is 7.25. The SMILES string of the molecule is Cc1nc2nc(SCC(=O)Nc3ccc(F)c(F)c3)nn2c(C)c1C. The van der Waals surface area contributed by atoms with E-state index < -0.39 is 11.6 Å². The molecule has 6 nitrogen and oxygen atoms in total. The molecule has 0 unspecified atom stereocenters. The third-order valence-electron chi connectivity index (χ3n) is 3.78. The topological polar surface area (TPSA) is 72.2 Å². The fraction of sp³-hybridized carbons (Fsp3) is 0.250. The predicted molar refractivity (Wildman–Crippen MR) is 90.7 cm³/mol. The summed E-state index contributed by atoms with van der Waals surface area (Å²) >= 11 is 1.14. The average molecular weight is 363 g/mol. The number of thioether (sulfide) groups is 1. The van der Waals surface area contributed by atoms with Crippen molar-refractivity contribution in [3.05, 3.63) is 46.8 Å². The number of benzene rings is 1. The molecule has 0 saturated carbocycles. The molecule has 1 amide bonds. The molecule has 130 valence electrons. The molecule has 1 N–H and O–H groups in total. The highest BCUT2D eigenvalue weighted by molar-refractivity contribution is 7.99. The van der Waals surface area contributed by atoms with E-state index in [1.807, 2.05) is 20.8 Å². The zero-order chi connectivity index (χ0) is 18.1. The van der Waals surface area contributed by atoms with E-state index in [1.165, 1.54) is 6.07 Å². The van der Waals surface area contributed by atoms with E-state index in [2.05, 4.69) is 20.4 Å². The standard InChI is InChI=1S/C16H15F2N5OS/c1-8-9(2)19-15-21-16(22-23(15)10(8)3)25-7-14(24)20-11-4-5-12(17)13(18)6-11/h4-6H,7H2,1-3H3,(H,20,24). The first kappa shape index (κ1) is 17.3. The van der Waals surface area contributed by atoms with Gasteiger partial charge in [0.2, 0.25) is 11.1 Å². The number of fused-ring (bicyclic) bond motifs is 1. The zero-order valence-corrected chi connectivity index (χ0v) is 14.6. The van der Waals surface area contributed by atoms with Crippen LogP contribution in [-0.2, 0) is 4.79 Å². The number of nitrogens with one attached hydrogen (secondary N) is 1. The molecule has 25 heavy (non-hydrogen) atoms. The highest BCUT2D eigenvalue weighted by atomic mass is 32.2. The highest BCUT2D eigenvalue weighted by Crippen LogP contribution is 2.18. The maximum Gasteiger partial charge on any atom is 0.253 e. The monoisotopic (exact) mass is 363 g/mol. The van der Waals surface area contributed by atoms with Gasteiger partial charge in [0.25, 0.3) is 5.78 Å². The normalized spacial score (nSPS) is 11.1. The average Bonchev–Trinajstić information content (AvgIpc) is 2.97. The second-order valence-electron chi connectivity index (χ2n) is 5.48. The Morgan fingerprint density at radius 2 is 1.96 bits per heavy atom. The highest BCUT2D eigenvalue weighted by Gasteiger charge is 2.13. The molecule has 0 atom stereocenters. The number of rotatable bonds is 4. The minimum Gasteiger partial charge on any atom is -0.325 e. The number of aryl methyl sites for hydroxylation is 2.